The molecule has 0 aliphatic carbocycles. The standard InChI is InChI=1S/C21H15N3O3S/c1-13-17(18-20(27-13)22-12-24(2)21(18)26)19(25)23-15-6-3-5-14(11-15)8-9-16-7-4-10-28-16/h3-7,10-12H,1-2H3,(H,23,25). The van der Waals surface area contributed by atoms with Gasteiger partial charge in [0.05, 0.1) is 10.4 Å². The number of aryl methyl sites for hydroxylation is 2. The van der Waals surface area contributed by atoms with Crippen molar-refractivity contribution in [2.24, 2.45) is 7.05 Å². The lowest BCUT2D eigenvalue weighted by Gasteiger charge is -2.05. The molecule has 0 aliphatic rings. The summed E-state index contributed by atoms with van der Waals surface area (Å²) in [5.41, 5.74) is 1.37. The molecule has 1 N–H and O–H groups in total. The number of thiophene rings is 1. The Hall–Kier alpha value is -3.63. The molecular formula is C21H15N3O3S. The number of furan rings is 1. The van der Waals surface area contributed by atoms with Crippen LogP contribution < -0.4 is 10.9 Å². The summed E-state index contributed by atoms with van der Waals surface area (Å²) in [4.78, 5) is 30.3. The second-order valence-corrected chi connectivity index (χ2v) is 7.08. The van der Waals surface area contributed by atoms with Crippen LogP contribution >= 0.6 is 11.3 Å². The number of aromatic nitrogens is 2. The number of carbonyl (C=O) groups excluding carboxylic acids is 1. The monoisotopic (exact) mass is 389 g/mol. The maximum atomic E-state index is 12.8. The molecule has 0 saturated heterocycles. The van der Waals surface area contributed by atoms with E-state index in [-0.39, 0.29) is 22.2 Å². The maximum absolute atomic E-state index is 12.8. The van der Waals surface area contributed by atoms with Gasteiger partial charge in [-0.2, -0.15) is 0 Å². The van der Waals surface area contributed by atoms with Gasteiger partial charge in [-0.3, -0.25) is 9.59 Å². The van der Waals surface area contributed by atoms with Crippen LogP contribution in [0.15, 0.2) is 57.3 Å². The topological polar surface area (TPSA) is 77.1 Å². The molecule has 3 heterocycles. The average molecular weight is 389 g/mol. The van der Waals surface area contributed by atoms with E-state index in [4.69, 9.17) is 4.42 Å². The fraction of sp³-hybridized carbons (Fsp3) is 0.0952. The minimum atomic E-state index is -0.426. The number of carbonyl (C=O) groups is 1. The Morgan fingerprint density at radius 2 is 2.11 bits per heavy atom. The Balaban J connectivity index is 1.66. The fourth-order valence-electron chi connectivity index (χ4n) is 2.81. The van der Waals surface area contributed by atoms with Crippen molar-refractivity contribution in [1.29, 1.82) is 0 Å². The average Bonchev–Trinajstić information content (AvgIpc) is 3.31. The minimum absolute atomic E-state index is 0.154. The molecule has 3 aromatic heterocycles. The van der Waals surface area contributed by atoms with Gasteiger partial charge in [-0.05, 0) is 36.6 Å². The van der Waals surface area contributed by atoms with Gasteiger partial charge in [-0.1, -0.05) is 24.0 Å². The van der Waals surface area contributed by atoms with Crippen molar-refractivity contribution in [2.45, 2.75) is 6.92 Å². The highest BCUT2D eigenvalue weighted by Gasteiger charge is 2.22. The molecule has 4 rings (SSSR count). The quantitative estimate of drug-likeness (QED) is 0.532. The molecule has 0 radical (unpaired) electrons. The summed E-state index contributed by atoms with van der Waals surface area (Å²) >= 11 is 1.57. The highest BCUT2D eigenvalue weighted by molar-refractivity contribution is 7.10. The Morgan fingerprint density at radius 1 is 1.25 bits per heavy atom. The lowest BCUT2D eigenvalue weighted by atomic mass is 10.1. The van der Waals surface area contributed by atoms with E-state index in [9.17, 15) is 9.59 Å². The van der Waals surface area contributed by atoms with Gasteiger partial charge >= 0.3 is 0 Å². The summed E-state index contributed by atoms with van der Waals surface area (Å²) in [5.74, 6) is 6.08. The van der Waals surface area contributed by atoms with Crippen molar-refractivity contribution in [3.05, 3.63) is 80.2 Å². The van der Waals surface area contributed by atoms with Gasteiger partial charge in [0, 0.05) is 18.3 Å². The molecule has 4 aromatic rings. The number of nitrogens with one attached hydrogen (secondary N) is 1. The summed E-state index contributed by atoms with van der Waals surface area (Å²) in [7, 11) is 1.58. The van der Waals surface area contributed by atoms with Gasteiger partial charge in [0.25, 0.3) is 11.5 Å². The van der Waals surface area contributed by atoms with Crippen LogP contribution in [0.25, 0.3) is 11.1 Å². The third kappa shape index (κ3) is 3.33. The summed E-state index contributed by atoms with van der Waals surface area (Å²) in [6, 6.07) is 11.1. The molecular weight excluding hydrogens is 374 g/mol. The van der Waals surface area contributed by atoms with E-state index < -0.39 is 5.91 Å². The molecule has 0 spiro atoms. The van der Waals surface area contributed by atoms with E-state index in [0.29, 0.717) is 11.4 Å². The largest absolute Gasteiger partial charge is 0.442 e. The van der Waals surface area contributed by atoms with Crippen LogP contribution in [-0.4, -0.2) is 15.5 Å². The second-order valence-electron chi connectivity index (χ2n) is 6.14. The number of rotatable bonds is 2. The zero-order chi connectivity index (χ0) is 19.7. The van der Waals surface area contributed by atoms with Crippen LogP contribution in [0.3, 0.4) is 0 Å². The SMILES string of the molecule is Cc1oc2ncn(C)c(=O)c2c1C(=O)Nc1cccc(C#Cc2cccs2)c1. The third-order valence-electron chi connectivity index (χ3n) is 4.15. The number of amides is 1. The minimum Gasteiger partial charge on any atom is -0.442 e. The summed E-state index contributed by atoms with van der Waals surface area (Å²) < 4.78 is 6.81. The molecule has 0 unspecified atom stereocenters. The van der Waals surface area contributed by atoms with E-state index in [1.807, 2.05) is 29.6 Å². The smallest absolute Gasteiger partial charge is 0.265 e. The van der Waals surface area contributed by atoms with Crippen molar-refractivity contribution in [1.82, 2.24) is 9.55 Å². The predicted octanol–water partition coefficient (Wildman–Crippen LogP) is 3.55. The van der Waals surface area contributed by atoms with Crippen LogP contribution in [0.4, 0.5) is 5.69 Å². The predicted molar refractivity (Wildman–Crippen MR) is 109 cm³/mol. The van der Waals surface area contributed by atoms with Crippen LogP contribution in [0, 0.1) is 18.8 Å². The number of fused-ring (bicyclic) bond motifs is 1. The summed E-state index contributed by atoms with van der Waals surface area (Å²) in [6.07, 6.45) is 1.37. The first-order chi connectivity index (χ1) is 13.5. The van der Waals surface area contributed by atoms with Crippen LogP contribution in [0.2, 0.25) is 0 Å². The first-order valence-corrected chi connectivity index (χ1v) is 9.32. The molecule has 0 aliphatic heterocycles. The van der Waals surface area contributed by atoms with Crippen molar-refractivity contribution < 1.29 is 9.21 Å². The number of nitrogens with zero attached hydrogens (tertiary/aromatic N) is 2. The van der Waals surface area contributed by atoms with Crippen LogP contribution in [0.5, 0.6) is 0 Å². The lowest BCUT2D eigenvalue weighted by molar-refractivity contribution is 0.102. The lowest BCUT2D eigenvalue weighted by Crippen LogP contribution is -2.20. The summed E-state index contributed by atoms with van der Waals surface area (Å²) in [6.45, 7) is 1.64. The maximum Gasteiger partial charge on any atom is 0.265 e. The third-order valence-corrected chi connectivity index (χ3v) is 4.93. The highest BCUT2D eigenvalue weighted by atomic mass is 32.1. The van der Waals surface area contributed by atoms with Gasteiger partial charge in [-0.25, -0.2) is 4.98 Å². The first kappa shape index (κ1) is 17.8. The highest BCUT2D eigenvalue weighted by Crippen LogP contribution is 2.22. The zero-order valence-electron chi connectivity index (χ0n) is 15.1. The Kier molecular flexibility index (Phi) is 4.55. The van der Waals surface area contributed by atoms with Crippen LogP contribution in [-0.2, 0) is 7.05 Å². The molecule has 138 valence electrons. The van der Waals surface area contributed by atoms with Crippen LogP contribution in [0.1, 0.15) is 26.6 Å². The van der Waals surface area contributed by atoms with Crippen molar-refractivity contribution in [3.8, 4) is 11.8 Å². The molecule has 7 heteroatoms. The molecule has 6 nitrogen and oxygen atoms in total. The van der Waals surface area contributed by atoms with Gasteiger partial charge in [-0.15, -0.1) is 11.3 Å². The molecule has 0 bridgehead atoms. The molecule has 1 amide bonds. The van der Waals surface area contributed by atoms with Gasteiger partial charge in [0.2, 0.25) is 5.71 Å². The molecule has 0 fully saturated rings. The van der Waals surface area contributed by atoms with E-state index in [1.54, 1.807) is 37.4 Å². The fourth-order valence-corrected chi connectivity index (χ4v) is 3.38. The Morgan fingerprint density at radius 3 is 2.89 bits per heavy atom. The number of anilines is 1. The first-order valence-electron chi connectivity index (χ1n) is 8.44. The molecule has 0 saturated carbocycles. The normalized spacial score (nSPS) is 10.5. The number of benzene rings is 1. The second kappa shape index (κ2) is 7.18. The van der Waals surface area contributed by atoms with E-state index in [1.165, 1.54) is 10.9 Å². The Bertz CT molecular complexity index is 1300. The van der Waals surface area contributed by atoms with Gasteiger partial charge in [0.1, 0.15) is 17.5 Å². The van der Waals surface area contributed by atoms with E-state index in [0.717, 1.165) is 10.4 Å². The summed E-state index contributed by atoms with van der Waals surface area (Å²) in [5, 5.41) is 4.96. The van der Waals surface area contributed by atoms with Crippen molar-refractivity contribution in [3.63, 3.8) is 0 Å². The van der Waals surface area contributed by atoms with Gasteiger partial charge < -0.3 is 14.3 Å². The van der Waals surface area contributed by atoms with E-state index >= 15 is 0 Å². The molecule has 0 atom stereocenters. The number of hydrogen-bond acceptors (Lipinski definition) is 5. The van der Waals surface area contributed by atoms with E-state index in [2.05, 4.69) is 22.1 Å². The van der Waals surface area contributed by atoms with Gasteiger partial charge in [0.15, 0.2) is 0 Å². The zero-order valence-corrected chi connectivity index (χ0v) is 16.0. The molecule has 28 heavy (non-hydrogen) atoms. The van der Waals surface area contributed by atoms with Crippen molar-refractivity contribution in [2.75, 3.05) is 5.32 Å². The van der Waals surface area contributed by atoms with Crippen molar-refractivity contribution >= 4 is 34.0 Å². The Labute approximate surface area is 164 Å². The molecule has 1 aromatic carbocycles. The number of hydrogen-bond donors (Lipinski definition) is 1.